The highest BCUT2D eigenvalue weighted by Gasteiger charge is 2.12. The molecule has 74 valence electrons. The van der Waals surface area contributed by atoms with E-state index in [0.29, 0.717) is 16.2 Å². The molecule has 0 aliphatic carbocycles. The number of aryl methyl sites for hydroxylation is 1. The molecule has 0 bridgehead atoms. The van der Waals surface area contributed by atoms with Gasteiger partial charge in [0.2, 0.25) is 0 Å². The monoisotopic (exact) mass is 275 g/mol. The normalized spacial score (nSPS) is 11.1. The van der Waals surface area contributed by atoms with Crippen LogP contribution in [0.25, 0.3) is 5.52 Å². The van der Waals surface area contributed by atoms with Crippen LogP contribution in [-0.2, 0) is 6.61 Å². The average Bonchev–Trinajstić information content (AvgIpc) is 2.58. The lowest BCUT2D eigenvalue weighted by Gasteiger charge is -2.03. The zero-order valence-corrected chi connectivity index (χ0v) is 9.67. The smallest absolute Gasteiger partial charge is 0.155 e. The summed E-state index contributed by atoms with van der Waals surface area (Å²) in [5.41, 5.74) is 2.07. The van der Waals surface area contributed by atoms with Crippen molar-refractivity contribution in [3.8, 4) is 0 Å². The van der Waals surface area contributed by atoms with Gasteiger partial charge in [0.1, 0.15) is 10.1 Å². The molecule has 2 heterocycles. The Morgan fingerprint density at radius 1 is 1.64 bits per heavy atom. The molecule has 0 atom stereocenters. The zero-order chi connectivity index (χ0) is 10.3. The lowest BCUT2D eigenvalue weighted by atomic mass is 10.3. The first-order valence-electron chi connectivity index (χ1n) is 3.94. The van der Waals surface area contributed by atoms with Crippen LogP contribution in [0.15, 0.2) is 10.8 Å². The number of hydrogen-bond donors (Lipinski definition) is 1. The molecule has 0 radical (unpaired) electrons. The summed E-state index contributed by atoms with van der Waals surface area (Å²) in [4.78, 5) is 4.13. The van der Waals surface area contributed by atoms with Crippen LogP contribution < -0.4 is 0 Å². The van der Waals surface area contributed by atoms with Gasteiger partial charge in [-0.15, -0.1) is 0 Å². The molecule has 0 unspecified atom stereocenters. The second-order valence-electron chi connectivity index (χ2n) is 2.87. The van der Waals surface area contributed by atoms with Gasteiger partial charge in [-0.25, -0.2) is 9.50 Å². The molecule has 2 rings (SSSR count). The van der Waals surface area contributed by atoms with Crippen molar-refractivity contribution < 1.29 is 5.11 Å². The standard InChI is InChI=1S/C8H7BrClN3O/c1-4-7(9)13-6(8(10)12-4)5(3-14)2-11-13/h2,14H,3H2,1H3. The molecule has 0 spiro atoms. The molecule has 0 fully saturated rings. The van der Waals surface area contributed by atoms with Gasteiger partial charge in [0.25, 0.3) is 0 Å². The Bertz CT molecular complexity index is 497. The lowest BCUT2D eigenvalue weighted by Crippen LogP contribution is -1.97. The van der Waals surface area contributed by atoms with Crippen molar-refractivity contribution in [2.24, 2.45) is 0 Å². The van der Waals surface area contributed by atoms with E-state index in [1.54, 1.807) is 10.7 Å². The number of aliphatic hydroxyl groups is 1. The second kappa shape index (κ2) is 3.49. The van der Waals surface area contributed by atoms with Crippen molar-refractivity contribution in [2.75, 3.05) is 0 Å². The third-order valence-corrected chi connectivity index (χ3v) is 3.13. The first-order valence-corrected chi connectivity index (χ1v) is 5.11. The number of rotatable bonds is 1. The fraction of sp³-hybridized carbons (Fsp3) is 0.250. The van der Waals surface area contributed by atoms with Gasteiger partial charge >= 0.3 is 0 Å². The minimum atomic E-state index is -0.0968. The predicted molar refractivity (Wildman–Crippen MR) is 56.4 cm³/mol. The van der Waals surface area contributed by atoms with Gasteiger partial charge in [-0.05, 0) is 22.9 Å². The highest BCUT2D eigenvalue weighted by Crippen LogP contribution is 2.25. The van der Waals surface area contributed by atoms with Crippen LogP contribution in [0.2, 0.25) is 5.15 Å². The van der Waals surface area contributed by atoms with E-state index in [1.807, 2.05) is 6.92 Å². The van der Waals surface area contributed by atoms with E-state index in [4.69, 9.17) is 16.7 Å². The minimum absolute atomic E-state index is 0.0968. The molecule has 4 nitrogen and oxygen atoms in total. The molecule has 0 aliphatic rings. The summed E-state index contributed by atoms with van der Waals surface area (Å²) in [5, 5.41) is 13.5. The number of hydrogen-bond acceptors (Lipinski definition) is 3. The predicted octanol–water partition coefficient (Wildman–Crippen LogP) is 1.95. The van der Waals surface area contributed by atoms with Gasteiger partial charge in [0, 0.05) is 5.56 Å². The van der Waals surface area contributed by atoms with Crippen LogP contribution in [0.3, 0.4) is 0 Å². The van der Waals surface area contributed by atoms with Crippen LogP contribution in [0, 0.1) is 6.92 Å². The van der Waals surface area contributed by atoms with Gasteiger partial charge < -0.3 is 5.11 Å². The molecule has 0 saturated carbocycles. The number of halogens is 2. The summed E-state index contributed by atoms with van der Waals surface area (Å²) < 4.78 is 2.37. The molecular weight excluding hydrogens is 269 g/mol. The Labute approximate surface area is 93.7 Å². The first kappa shape index (κ1) is 9.89. The first-order chi connectivity index (χ1) is 6.65. The molecule has 2 aromatic heterocycles. The summed E-state index contributed by atoms with van der Waals surface area (Å²) in [7, 11) is 0. The third-order valence-electron chi connectivity index (χ3n) is 1.96. The molecule has 0 aromatic carbocycles. The second-order valence-corrected chi connectivity index (χ2v) is 3.98. The number of aliphatic hydroxyl groups excluding tert-OH is 1. The van der Waals surface area contributed by atoms with Crippen LogP contribution in [-0.4, -0.2) is 19.7 Å². The molecule has 0 amide bonds. The maximum Gasteiger partial charge on any atom is 0.155 e. The van der Waals surface area contributed by atoms with Gasteiger partial charge in [-0.2, -0.15) is 5.10 Å². The van der Waals surface area contributed by atoms with Crippen LogP contribution in [0.4, 0.5) is 0 Å². The van der Waals surface area contributed by atoms with Crippen LogP contribution in [0.5, 0.6) is 0 Å². The van der Waals surface area contributed by atoms with Crippen LogP contribution >= 0.6 is 27.5 Å². The van der Waals surface area contributed by atoms with Gasteiger partial charge in [0.05, 0.1) is 18.5 Å². The van der Waals surface area contributed by atoms with Crippen LogP contribution in [0.1, 0.15) is 11.3 Å². The highest BCUT2D eigenvalue weighted by atomic mass is 79.9. The maximum atomic E-state index is 9.05. The van der Waals surface area contributed by atoms with Crippen molar-refractivity contribution in [1.29, 1.82) is 0 Å². The van der Waals surface area contributed by atoms with E-state index in [9.17, 15) is 0 Å². The van der Waals surface area contributed by atoms with E-state index in [1.165, 1.54) is 0 Å². The van der Waals surface area contributed by atoms with Crippen molar-refractivity contribution >= 4 is 33.0 Å². The van der Waals surface area contributed by atoms with E-state index in [2.05, 4.69) is 26.0 Å². The summed E-state index contributed by atoms with van der Waals surface area (Å²) in [5.74, 6) is 0. The van der Waals surface area contributed by atoms with Crippen molar-refractivity contribution in [3.63, 3.8) is 0 Å². The Hall–Kier alpha value is -0.650. The number of nitrogens with zero attached hydrogens (tertiary/aromatic N) is 3. The number of fused-ring (bicyclic) bond motifs is 1. The Kier molecular flexibility index (Phi) is 2.47. The molecule has 14 heavy (non-hydrogen) atoms. The van der Waals surface area contributed by atoms with Crippen molar-refractivity contribution in [3.05, 3.63) is 27.2 Å². The summed E-state index contributed by atoms with van der Waals surface area (Å²) >= 11 is 9.31. The van der Waals surface area contributed by atoms with Crippen molar-refractivity contribution in [2.45, 2.75) is 13.5 Å². The van der Waals surface area contributed by atoms with Gasteiger partial charge in [0.15, 0.2) is 5.15 Å². The third kappa shape index (κ3) is 1.32. The fourth-order valence-electron chi connectivity index (χ4n) is 1.27. The van der Waals surface area contributed by atoms with E-state index >= 15 is 0 Å². The largest absolute Gasteiger partial charge is 0.392 e. The Balaban J connectivity index is 2.90. The van der Waals surface area contributed by atoms with E-state index in [-0.39, 0.29) is 6.61 Å². The van der Waals surface area contributed by atoms with Gasteiger partial charge in [-0.1, -0.05) is 11.6 Å². The molecule has 0 saturated heterocycles. The topological polar surface area (TPSA) is 50.4 Å². The highest BCUT2D eigenvalue weighted by molar-refractivity contribution is 9.10. The Morgan fingerprint density at radius 3 is 3.00 bits per heavy atom. The lowest BCUT2D eigenvalue weighted by molar-refractivity contribution is 0.283. The van der Waals surface area contributed by atoms with Gasteiger partial charge in [-0.3, -0.25) is 0 Å². The fourth-order valence-corrected chi connectivity index (χ4v) is 1.95. The molecule has 6 heteroatoms. The quantitative estimate of drug-likeness (QED) is 0.866. The molecule has 2 aromatic rings. The zero-order valence-electron chi connectivity index (χ0n) is 7.33. The SMILES string of the molecule is Cc1nc(Cl)c2c(CO)cnn2c1Br. The molecular formula is C8H7BrClN3O. The summed E-state index contributed by atoms with van der Waals surface area (Å²) in [6.45, 7) is 1.73. The number of aromatic nitrogens is 3. The van der Waals surface area contributed by atoms with Crippen molar-refractivity contribution in [1.82, 2.24) is 14.6 Å². The van der Waals surface area contributed by atoms with E-state index in [0.717, 1.165) is 10.3 Å². The molecule has 1 N–H and O–H groups in total. The average molecular weight is 277 g/mol. The maximum absolute atomic E-state index is 9.05. The van der Waals surface area contributed by atoms with E-state index < -0.39 is 0 Å². The molecule has 0 aliphatic heterocycles. The Morgan fingerprint density at radius 2 is 2.36 bits per heavy atom. The summed E-state index contributed by atoms with van der Waals surface area (Å²) in [6, 6.07) is 0. The summed E-state index contributed by atoms with van der Waals surface area (Å²) in [6.07, 6.45) is 1.58. The minimum Gasteiger partial charge on any atom is -0.392 e.